The third-order valence-corrected chi connectivity index (χ3v) is 4.66. The van der Waals surface area contributed by atoms with Crippen molar-refractivity contribution in [2.75, 3.05) is 30.3 Å². The molecule has 0 spiro atoms. The number of nitrogens with zero attached hydrogens (tertiary/aromatic N) is 2. The molecule has 0 radical (unpaired) electrons. The summed E-state index contributed by atoms with van der Waals surface area (Å²) in [6.45, 7) is 2.70. The summed E-state index contributed by atoms with van der Waals surface area (Å²) in [4.78, 5) is 18.8. The number of pyridine rings is 1. The molecule has 1 aromatic carbocycles. The Hall–Kier alpha value is -2.40. The van der Waals surface area contributed by atoms with Crippen molar-refractivity contribution in [3.05, 3.63) is 53.7 Å². The second-order valence-corrected chi connectivity index (χ2v) is 5.97. The lowest BCUT2D eigenvalue weighted by Gasteiger charge is -2.36. The van der Waals surface area contributed by atoms with Crippen molar-refractivity contribution >= 4 is 17.4 Å². The number of nitrogen functional groups attached to an aromatic ring is 1. The normalized spacial score (nSPS) is 23.0. The maximum absolute atomic E-state index is 12.9. The Labute approximate surface area is 129 Å². The maximum atomic E-state index is 12.9. The van der Waals surface area contributed by atoms with Crippen LogP contribution in [0, 0.1) is 5.92 Å². The Kier molecular flexibility index (Phi) is 3.08. The summed E-state index contributed by atoms with van der Waals surface area (Å²) in [5.74, 6) is 1.39. The van der Waals surface area contributed by atoms with Crippen molar-refractivity contribution in [3.63, 3.8) is 0 Å². The van der Waals surface area contributed by atoms with E-state index in [0.29, 0.717) is 23.2 Å². The summed E-state index contributed by atoms with van der Waals surface area (Å²) in [7, 11) is 0. The summed E-state index contributed by atoms with van der Waals surface area (Å²) >= 11 is 0. The molecule has 2 aliphatic rings. The van der Waals surface area contributed by atoms with Crippen LogP contribution in [0.5, 0.6) is 0 Å². The van der Waals surface area contributed by atoms with Crippen LogP contribution in [0.15, 0.2) is 42.6 Å². The smallest absolute Gasteiger partial charge is 0.259 e. The van der Waals surface area contributed by atoms with Crippen molar-refractivity contribution in [1.82, 2.24) is 10.3 Å². The van der Waals surface area contributed by atoms with Gasteiger partial charge in [0.25, 0.3) is 5.91 Å². The fraction of sp³-hybridized carbons (Fsp3) is 0.294. The second kappa shape index (κ2) is 5.10. The van der Waals surface area contributed by atoms with Gasteiger partial charge >= 0.3 is 0 Å². The lowest BCUT2D eigenvalue weighted by Crippen LogP contribution is -2.41. The molecule has 4 rings (SSSR count). The van der Waals surface area contributed by atoms with Crippen molar-refractivity contribution in [2.24, 2.45) is 5.92 Å². The van der Waals surface area contributed by atoms with Gasteiger partial charge in [-0.3, -0.25) is 4.79 Å². The van der Waals surface area contributed by atoms with Crippen LogP contribution in [-0.4, -0.2) is 30.5 Å². The highest BCUT2D eigenvalue weighted by Crippen LogP contribution is 2.40. The molecule has 5 nitrogen and oxygen atoms in total. The van der Waals surface area contributed by atoms with Crippen LogP contribution in [0.3, 0.4) is 0 Å². The number of rotatable bonds is 1. The van der Waals surface area contributed by atoms with Crippen LogP contribution in [-0.2, 0) is 0 Å². The van der Waals surface area contributed by atoms with Gasteiger partial charge in [-0.2, -0.15) is 0 Å². The molecule has 2 aliphatic heterocycles. The van der Waals surface area contributed by atoms with E-state index in [-0.39, 0.29) is 5.91 Å². The summed E-state index contributed by atoms with van der Waals surface area (Å²) in [5, 5.41) is 3.45. The monoisotopic (exact) mass is 294 g/mol. The molecule has 3 N–H and O–H groups in total. The van der Waals surface area contributed by atoms with E-state index in [1.165, 1.54) is 5.56 Å². The van der Waals surface area contributed by atoms with E-state index in [2.05, 4.69) is 16.4 Å². The molecule has 5 heteroatoms. The first-order chi connectivity index (χ1) is 10.7. The average Bonchev–Trinajstić information content (AvgIpc) is 3.03. The number of fused-ring (bicyclic) bond motifs is 3. The molecule has 0 saturated carbocycles. The minimum absolute atomic E-state index is 0.00898. The van der Waals surface area contributed by atoms with Crippen LogP contribution in [0.4, 0.5) is 11.5 Å². The second-order valence-electron chi connectivity index (χ2n) is 5.97. The third kappa shape index (κ3) is 2.05. The van der Waals surface area contributed by atoms with Gasteiger partial charge in [-0.25, -0.2) is 4.98 Å². The SMILES string of the molecule is Nc1ccc(C(=O)N2C[C@@H]3CNC[C@H]3c3ccccc32)cn1. The van der Waals surface area contributed by atoms with E-state index >= 15 is 0 Å². The minimum Gasteiger partial charge on any atom is -0.384 e. The van der Waals surface area contributed by atoms with E-state index in [1.54, 1.807) is 18.3 Å². The molecule has 3 heterocycles. The predicted octanol–water partition coefficient (Wildman–Crippen LogP) is 1.63. The van der Waals surface area contributed by atoms with Crippen molar-refractivity contribution in [3.8, 4) is 0 Å². The Morgan fingerprint density at radius 1 is 1.23 bits per heavy atom. The number of amides is 1. The lowest BCUT2D eigenvalue weighted by molar-refractivity contribution is 0.0980. The van der Waals surface area contributed by atoms with Gasteiger partial charge in [0, 0.05) is 37.4 Å². The third-order valence-electron chi connectivity index (χ3n) is 4.66. The Morgan fingerprint density at radius 3 is 2.91 bits per heavy atom. The van der Waals surface area contributed by atoms with Gasteiger partial charge in [0.1, 0.15) is 5.82 Å². The van der Waals surface area contributed by atoms with Crippen LogP contribution in [0.1, 0.15) is 21.8 Å². The van der Waals surface area contributed by atoms with Crippen LogP contribution >= 0.6 is 0 Å². The van der Waals surface area contributed by atoms with Crippen LogP contribution < -0.4 is 16.0 Å². The number of nitrogens with two attached hydrogens (primary N) is 1. The first kappa shape index (κ1) is 13.3. The number of benzene rings is 1. The number of hydrogen-bond donors (Lipinski definition) is 2. The number of para-hydroxylation sites is 1. The molecular formula is C17H18N4O. The first-order valence-electron chi connectivity index (χ1n) is 7.57. The van der Waals surface area contributed by atoms with Gasteiger partial charge in [0.05, 0.1) is 5.56 Å². The number of carbonyl (C=O) groups is 1. The summed E-state index contributed by atoms with van der Waals surface area (Å²) < 4.78 is 0. The van der Waals surface area contributed by atoms with E-state index < -0.39 is 0 Å². The molecule has 1 amide bonds. The predicted molar refractivity (Wildman–Crippen MR) is 85.9 cm³/mol. The zero-order chi connectivity index (χ0) is 15.1. The zero-order valence-corrected chi connectivity index (χ0v) is 12.2. The molecule has 0 aliphatic carbocycles. The van der Waals surface area contributed by atoms with Gasteiger partial charge in [0.15, 0.2) is 0 Å². The first-order valence-corrected chi connectivity index (χ1v) is 7.57. The largest absolute Gasteiger partial charge is 0.384 e. The van der Waals surface area contributed by atoms with E-state index in [1.807, 2.05) is 23.1 Å². The summed E-state index contributed by atoms with van der Waals surface area (Å²) in [6, 6.07) is 11.6. The van der Waals surface area contributed by atoms with Gasteiger partial charge < -0.3 is 16.0 Å². The van der Waals surface area contributed by atoms with E-state index in [0.717, 1.165) is 25.3 Å². The van der Waals surface area contributed by atoms with E-state index in [9.17, 15) is 4.79 Å². The van der Waals surface area contributed by atoms with E-state index in [4.69, 9.17) is 5.73 Å². The summed E-state index contributed by atoms with van der Waals surface area (Å²) in [5.41, 5.74) is 8.47. The van der Waals surface area contributed by atoms with Crippen molar-refractivity contribution < 1.29 is 4.79 Å². The minimum atomic E-state index is -0.00898. The zero-order valence-electron chi connectivity index (χ0n) is 12.2. The molecule has 0 bridgehead atoms. The maximum Gasteiger partial charge on any atom is 0.259 e. The standard InChI is InChI=1S/C17H18N4O/c18-16-6-5-11(8-20-16)17(22)21-10-12-7-19-9-14(12)13-3-1-2-4-15(13)21/h1-6,8,12,14,19H,7,9-10H2,(H2,18,20)/t12-,14+/m0/s1. The quantitative estimate of drug-likeness (QED) is 0.838. The highest BCUT2D eigenvalue weighted by molar-refractivity contribution is 6.06. The molecule has 22 heavy (non-hydrogen) atoms. The number of carbonyl (C=O) groups excluding carboxylic acids is 1. The molecule has 112 valence electrons. The van der Waals surface area contributed by atoms with Gasteiger partial charge in [0.2, 0.25) is 0 Å². The number of aromatic nitrogens is 1. The molecule has 1 fully saturated rings. The Bertz CT molecular complexity index is 713. The van der Waals surface area contributed by atoms with Crippen LogP contribution in [0.25, 0.3) is 0 Å². The Balaban J connectivity index is 1.74. The van der Waals surface area contributed by atoms with Crippen molar-refractivity contribution in [2.45, 2.75) is 5.92 Å². The van der Waals surface area contributed by atoms with Gasteiger partial charge in [-0.15, -0.1) is 0 Å². The molecule has 0 unspecified atom stereocenters. The molecule has 2 aromatic rings. The van der Waals surface area contributed by atoms with Gasteiger partial charge in [-0.1, -0.05) is 18.2 Å². The fourth-order valence-corrected chi connectivity index (χ4v) is 3.55. The molecule has 2 atom stereocenters. The Morgan fingerprint density at radius 2 is 2.09 bits per heavy atom. The van der Waals surface area contributed by atoms with Gasteiger partial charge in [-0.05, 0) is 29.7 Å². The number of nitrogens with one attached hydrogen (secondary N) is 1. The molecule has 1 saturated heterocycles. The fourth-order valence-electron chi connectivity index (χ4n) is 3.55. The molecular weight excluding hydrogens is 276 g/mol. The number of hydrogen-bond acceptors (Lipinski definition) is 4. The van der Waals surface area contributed by atoms with Crippen molar-refractivity contribution in [1.29, 1.82) is 0 Å². The number of anilines is 2. The topological polar surface area (TPSA) is 71.2 Å². The lowest BCUT2D eigenvalue weighted by atomic mass is 9.83. The molecule has 1 aromatic heterocycles. The summed E-state index contributed by atoms with van der Waals surface area (Å²) in [6.07, 6.45) is 1.55. The highest BCUT2D eigenvalue weighted by Gasteiger charge is 2.38. The highest BCUT2D eigenvalue weighted by atomic mass is 16.2. The van der Waals surface area contributed by atoms with Crippen LogP contribution in [0.2, 0.25) is 0 Å². The average molecular weight is 294 g/mol.